The van der Waals surface area contributed by atoms with E-state index in [1.54, 1.807) is 22.7 Å². The number of benzene rings is 1. The molecule has 2 heterocycles. The summed E-state index contributed by atoms with van der Waals surface area (Å²) < 4.78 is 3.79. The number of carbonyl (C=O) groups excluding carboxylic acids is 1. The highest BCUT2D eigenvalue weighted by Crippen LogP contribution is 2.39. The lowest BCUT2D eigenvalue weighted by Crippen LogP contribution is -2.35. The molecular formula is C17H17NOS2. The van der Waals surface area contributed by atoms with Gasteiger partial charge in [-0.1, -0.05) is 37.5 Å². The van der Waals surface area contributed by atoms with Gasteiger partial charge >= 0.3 is 0 Å². The third-order valence-electron chi connectivity index (χ3n) is 4.21. The lowest BCUT2D eigenvalue weighted by molar-refractivity contribution is 0.0932. The Labute approximate surface area is 131 Å². The molecule has 108 valence electrons. The minimum atomic E-state index is 0.111. The topological polar surface area (TPSA) is 29.1 Å². The molecule has 1 amide bonds. The fourth-order valence-electron chi connectivity index (χ4n) is 3.11. The summed E-state index contributed by atoms with van der Waals surface area (Å²) in [5.41, 5.74) is 0. The van der Waals surface area contributed by atoms with E-state index in [0.29, 0.717) is 6.04 Å². The molecule has 0 saturated heterocycles. The Morgan fingerprint density at radius 1 is 1.05 bits per heavy atom. The molecule has 1 saturated carbocycles. The Bertz CT molecular complexity index is 795. The van der Waals surface area contributed by atoms with Crippen LogP contribution in [0.4, 0.5) is 0 Å². The molecule has 1 aromatic carbocycles. The van der Waals surface area contributed by atoms with Gasteiger partial charge in [-0.15, -0.1) is 22.7 Å². The van der Waals surface area contributed by atoms with Gasteiger partial charge in [0.2, 0.25) is 0 Å². The molecular weight excluding hydrogens is 298 g/mol. The highest BCUT2D eigenvalue weighted by atomic mass is 32.1. The zero-order valence-corrected chi connectivity index (χ0v) is 13.4. The standard InChI is InChI=1S/C17H17NOS2/c19-17(18-11-6-2-1-3-7-11)15-10-14-16(21-15)12-8-4-5-9-13(12)20-14/h4-5,8-11H,1-3,6-7H2,(H,18,19). The molecule has 21 heavy (non-hydrogen) atoms. The van der Waals surface area contributed by atoms with Crippen molar-refractivity contribution in [3.8, 4) is 0 Å². The summed E-state index contributed by atoms with van der Waals surface area (Å²) >= 11 is 3.40. The van der Waals surface area contributed by atoms with Crippen LogP contribution in [0.2, 0.25) is 0 Å². The maximum atomic E-state index is 12.4. The average molecular weight is 315 g/mol. The van der Waals surface area contributed by atoms with Gasteiger partial charge in [0.15, 0.2) is 0 Å². The Morgan fingerprint density at radius 3 is 2.71 bits per heavy atom. The van der Waals surface area contributed by atoms with Crippen molar-refractivity contribution in [2.24, 2.45) is 0 Å². The first-order valence-electron chi connectivity index (χ1n) is 7.53. The number of rotatable bonds is 2. The normalized spacial score (nSPS) is 16.6. The van der Waals surface area contributed by atoms with Crippen molar-refractivity contribution in [2.45, 2.75) is 38.1 Å². The van der Waals surface area contributed by atoms with Crippen molar-refractivity contribution >= 4 is 48.1 Å². The predicted octanol–water partition coefficient (Wildman–Crippen LogP) is 5.18. The molecule has 2 aromatic heterocycles. The highest BCUT2D eigenvalue weighted by molar-refractivity contribution is 7.33. The van der Waals surface area contributed by atoms with Gasteiger partial charge in [-0.3, -0.25) is 4.79 Å². The molecule has 0 unspecified atom stereocenters. The van der Waals surface area contributed by atoms with Crippen molar-refractivity contribution in [2.75, 3.05) is 0 Å². The molecule has 1 aliphatic rings. The van der Waals surface area contributed by atoms with Crippen LogP contribution in [0.3, 0.4) is 0 Å². The third kappa shape index (κ3) is 2.47. The van der Waals surface area contributed by atoms with Gasteiger partial charge in [0.1, 0.15) is 0 Å². The Kier molecular flexibility index (Phi) is 3.43. The summed E-state index contributed by atoms with van der Waals surface area (Å²) in [5.74, 6) is 0.111. The number of nitrogens with one attached hydrogen (secondary N) is 1. The molecule has 4 heteroatoms. The van der Waals surface area contributed by atoms with Crippen LogP contribution < -0.4 is 5.32 Å². The lowest BCUT2D eigenvalue weighted by atomic mass is 9.95. The van der Waals surface area contributed by atoms with Crippen LogP contribution in [0.25, 0.3) is 19.5 Å². The first-order valence-corrected chi connectivity index (χ1v) is 9.16. The van der Waals surface area contributed by atoms with Crippen molar-refractivity contribution in [3.05, 3.63) is 35.2 Å². The molecule has 2 nitrogen and oxygen atoms in total. The summed E-state index contributed by atoms with van der Waals surface area (Å²) in [6, 6.07) is 10.9. The monoisotopic (exact) mass is 315 g/mol. The molecule has 0 aliphatic heterocycles. The number of amides is 1. The zero-order valence-electron chi connectivity index (χ0n) is 11.7. The second-order valence-electron chi connectivity index (χ2n) is 5.71. The van der Waals surface area contributed by atoms with E-state index in [4.69, 9.17) is 0 Å². The van der Waals surface area contributed by atoms with Crippen molar-refractivity contribution in [3.63, 3.8) is 0 Å². The maximum absolute atomic E-state index is 12.4. The largest absolute Gasteiger partial charge is 0.349 e. The Hall–Kier alpha value is -1.39. The quantitative estimate of drug-likeness (QED) is 0.693. The Morgan fingerprint density at radius 2 is 1.86 bits per heavy atom. The van der Waals surface area contributed by atoms with E-state index in [1.807, 2.05) is 0 Å². The molecule has 0 spiro atoms. The molecule has 4 rings (SSSR count). The van der Waals surface area contributed by atoms with E-state index in [0.717, 1.165) is 17.7 Å². The lowest BCUT2D eigenvalue weighted by Gasteiger charge is -2.22. The van der Waals surface area contributed by atoms with Crippen LogP contribution in [0.5, 0.6) is 0 Å². The van der Waals surface area contributed by atoms with Gasteiger partial charge in [-0.25, -0.2) is 0 Å². The fraction of sp³-hybridized carbons (Fsp3) is 0.353. The first-order chi connectivity index (χ1) is 10.3. The maximum Gasteiger partial charge on any atom is 0.261 e. The van der Waals surface area contributed by atoms with Crippen LogP contribution in [0.15, 0.2) is 30.3 Å². The molecule has 1 N–H and O–H groups in total. The van der Waals surface area contributed by atoms with E-state index < -0.39 is 0 Å². The molecule has 0 atom stereocenters. The van der Waals surface area contributed by atoms with Crippen molar-refractivity contribution in [1.82, 2.24) is 5.32 Å². The van der Waals surface area contributed by atoms with Crippen molar-refractivity contribution in [1.29, 1.82) is 0 Å². The number of hydrogen-bond acceptors (Lipinski definition) is 3. The second kappa shape index (κ2) is 5.43. The van der Waals surface area contributed by atoms with Gasteiger partial charge in [-0.05, 0) is 25.0 Å². The minimum Gasteiger partial charge on any atom is -0.349 e. The number of fused-ring (bicyclic) bond motifs is 3. The van der Waals surface area contributed by atoms with E-state index in [-0.39, 0.29) is 5.91 Å². The van der Waals surface area contributed by atoms with Crippen LogP contribution in [-0.4, -0.2) is 11.9 Å². The summed E-state index contributed by atoms with van der Waals surface area (Å²) in [7, 11) is 0. The van der Waals surface area contributed by atoms with E-state index in [9.17, 15) is 4.79 Å². The zero-order chi connectivity index (χ0) is 14.2. The van der Waals surface area contributed by atoms with Gasteiger partial charge in [0.25, 0.3) is 5.91 Å². The van der Waals surface area contributed by atoms with Crippen LogP contribution in [-0.2, 0) is 0 Å². The number of hydrogen-bond donors (Lipinski definition) is 1. The summed E-state index contributed by atoms with van der Waals surface area (Å²) in [6.07, 6.45) is 6.07. The molecule has 0 radical (unpaired) electrons. The van der Waals surface area contributed by atoms with Crippen LogP contribution >= 0.6 is 22.7 Å². The fourth-order valence-corrected chi connectivity index (χ4v) is 5.54. The minimum absolute atomic E-state index is 0.111. The molecule has 0 bridgehead atoms. The third-order valence-corrected chi connectivity index (χ3v) is 6.63. The molecule has 1 aliphatic carbocycles. The van der Waals surface area contributed by atoms with Gasteiger partial charge in [0.05, 0.1) is 9.58 Å². The SMILES string of the molecule is O=C(NC1CCCCC1)c1cc2sc3ccccc3c2s1. The second-order valence-corrected chi connectivity index (χ2v) is 7.85. The molecule has 1 fully saturated rings. The van der Waals surface area contributed by atoms with Gasteiger partial charge in [0, 0.05) is 20.8 Å². The smallest absolute Gasteiger partial charge is 0.261 e. The van der Waals surface area contributed by atoms with Gasteiger partial charge < -0.3 is 5.32 Å². The van der Waals surface area contributed by atoms with Crippen LogP contribution in [0, 0.1) is 0 Å². The summed E-state index contributed by atoms with van der Waals surface area (Å²) in [6.45, 7) is 0. The van der Waals surface area contributed by atoms with Crippen molar-refractivity contribution < 1.29 is 4.79 Å². The Balaban J connectivity index is 1.62. The van der Waals surface area contributed by atoms with E-state index >= 15 is 0 Å². The van der Waals surface area contributed by atoms with E-state index in [2.05, 4.69) is 35.6 Å². The summed E-state index contributed by atoms with van der Waals surface area (Å²) in [5, 5.41) is 4.49. The first kappa shape index (κ1) is 13.3. The van der Waals surface area contributed by atoms with Crippen LogP contribution in [0.1, 0.15) is 41.8 Å². The number of carbonyl (C=O) groups is 1. The van der Waals surface area contributed by atoms with Gasteiger partial charge in [-0.2, -0.15) is 0 Å². The number of thiophene rings is 2. The average Bonchev–Trinajstić information content (AvgIpc) is 3.06. The van der Waals surface area contributed by atoms with E-state index in [1.165, 1.54) is 38.7 Å². The predicted molar refractivity (Wildman–Crippen MR) is 91.5 cm³/mol. The summed E-state index contributed by atoms with van der Waals surface area (Å²) in [4.78, 5) is 13.3. The highest BCUT2D eigenvalue weighted by Gasteiger charge is 2.19. The molecule has 3 aromatic rings.